The number of rotatable bonds is 6. The molecule has 2 atom stereocenters. The second-order valence-electron chi connectivity index (χ2n) is 8.16. The summed E-state index contributed by atoms with van der Waals surface area (Å²) in [6, 6.07) is 2.53. The summed E-state index contributed by atoms with van der Waals surface area (Å²) in [7, 11) is 1.48. The van der Waals surface area contributed by atoms with Gasteiger partial charge in [-0.15, -0.1) is 0 Å². The number of piperidine rings is 1. The molecule has 0 aliphatic carbocycles. The van der Waals surface area contributed by atoms with Gasteiger partial charge in [-0.05, 0) is 12.0 Å². The van der Waals surface area contributed by atoms with E-state index in [4.69, 9.17) is 5.73 Å². The lowest BCUT2D eigenvalue weighted by Gasteiger charge is -2.43. The van der Waals surface area contributed by atoms with Crippen molar-refractivity contribution < 1.29 is 26.7 Å². The van der Waals surface area contributed by atoms with Gasteiger partial charge in [0, 0.05) is 49.8 Å². The third kappa shape index (κ3) is 6.28. The van der Waals surface area contributed by atoms with E-state index in [-0.39, 0.29) is 23.6 Å². The maximum Gasteiger partial charge on any atom is 0.434 e. The number of nitrogens with two attached hydrogens (primary N) is 1. The van der Waals surface area contributed by atoms with Gasteiger partial charge in [-0.2, -0.15) is 13.2 Å². The summed E-state index contributed by atoms with van der Waals surface area (Å²) in [5.74, 6) is -4.62. The Bertz CT molecular complexity index is 1090. The van der Waals surface area contributed by atoms with Crippen LogP contribution >= 0.6 is 0 Å². The minimum absolute atomic E-state index is 0.00705. The molecule has 1 amide bonds. The van der Waals surface area contributed by atoms with E-state index in [9.17, 15) is 26.7 Å². The zero-order chi connectivity index (χ0) is 25.8. The van der Waals surface area contributed by atoms with Gasteiger partial charge in [0.1, 0.15) is 11.5 Å². The van der Waals surface area contributed by atoms with E-state index >= 15 is 0 Å². The van der Waals surface area contributed by atoms with Crippen LogP contribution in [0.4, 0.5) is 27.8 Å². The van der Waals surface area contributed by atoms with Gasteiger partial charge in [-0.1, -0.05) is 13.0 Å². The first kappa shape index (κ1) is 26.0. The van der Waals surface area contributed by atoms with Gasteiger partial charge < -0.3 is 16.0 Å². The average Bonchev–Trinajstić information content (AvgIpc) is 2.80. The molecule has 0 saturated carbocycles. The van der Waals surface area contributed by atoms with Crippen molar-refractivity contribution in [2.45, 2.75) is 31.5 Å². The Morgan fingerprint density at radius 1 is 1.31 bits per heavy atom. The molecule has 0 radical (unpaired) electrons. The lowest BCUT2D eigenvalue weighted by atomic mass is 9.88. The molecule has 0 aromatic carbocycles. The lowest BCUT2D eigenvalue weighted by Crippen LogP contribution is -2.58. The highest BCUT2D eigenvalue weighted by Crippen LogP contribution is 2.35. The summed E-state index contributed by atoms with van der Waals surface area (Å²) in [5, 5.41) is 2.79. The van der Waals surface area contributed by atoms with Crippen molar-refractivity contribution in [3.05, 3.63) is 53.9 Å². The number of likely N-dealkylation sites (tertiary alicyclic amines) is 1. The zero-order valence-corrected chi connectivity index (χ0v) is 18.9. The summed E-state index contributed by atoms with van der Waals surface area (Å²) in [6.07, 6.45) is 0.681. The van der Waals surface area contributed by atoms with Crippen molar-refractivity contribution in [1.82, 2.24) is 19.9 Å². The number of aliphatic imine (C=N–C) groups is 1. The molecule has 0 spiro atoms. The van der Waals surface area contributed by atoms with Crippen LogP contribution in [0.25, 0.3) is 5.57 Å². The summed E-state index contributed by atoms with van der Waals surface area (Å²) in [5.41, 5.74) is 5.41. The molecule has 3 heterocycles. The van der Waals surface area contributed by atoms with Crippen molar-refractivity contribution in [2.75, 3.05) is 25.5 Å². The number of nitrogens with one attached hydrogen (secondary N) is 1. The minimum Gasteiger partial charge on any atom is -0.394 e. The predicted octanol–water partition coefficient (Wildman–Crippen LogP) is 3.25. The molecule has 3 N–H and O–H groups in total. The van der Waals surface area contributed by atoms with Crippen LogP contribution in [0.5, 0.6) is 0 Å². The molecule has 188 valence electrons. The standard InChI is InChI=1S/C22H24F5N7O/c1-13-6-21(23,24)12-34(16(13)9-32-18-11-31-17(10-33-18)22(25,26)27)20(35)19(28)15(8-29-2)14-4-3-5-30-7-14/h3-5,7-8,10-11,13,16H,6,9,12,28H2,1-2H3,(H,32,33). The molecule has 35 heavy (non-hydrogen) atoms. The Hall–Kier alpha value is -3.64. The first-order chi connectivity index (χ1) is 16.4. The Morgan fingerprint density at radius 3 is 2.63 bits per heavy atom. The number of halogens is 5. The molecule has 1 aliphatic heterocycles. The van der Waals surface area contributed by atoms with Crippen LogP contribution in [-0.2, 0) is 11.0 Å². The highest BCUT2D eigenvalue weighted by Gasteiger charge is 2.46. The predicted molar refractivity (Wildman–Crippen MR) is 120 cm³/mol. The van der Waals surface area contributed by atoms with Crippen LogP contribution in [0.3, 0.4) is 0 Å². The van der Waals surface area contributed by atoms with E-state index in [2.05, 4.69) is 25.3 Å². The second kappa shape index (κ2) is 10.3. The third-order valence-electron chi connectivity index (χ3n) is 5.53. The molecule has 13 heteroatoms. The van der Waals surface area contributed by atoms with Gasteiger partial charge in [0.25, 0.3) is 11.8 Å². The zero-order valence-electron chi connectivity index (χ0n) is 18.9. The lowest BCUT2D eigenvalue weighted by molar-refractivity contribution is -0.148. The number of hydrogen-bond acceptors (Lipinski definition) is 7. The van der Waals surface area contributed by atoms with Crippen LogP contribution in [0, 0.1) is 5.92 Å². The largest absolute Gasteiger partial charge is 0.434 e. The van der Waals surface area contributed by atoms with Gasteiger partial charge in [-0.3, -0.25) is 14.8 Å². The number of pyridine rings is 1. The van der Waals surface area contributed by atoms with Gasteiger partial charge in [-0.25, -0.2) is 18.7 Å². The van der Waals surface area contributed by atoms with E-state index in [0.29, 0.717) is 11.8 Å². The van der Waals surface area contributed by atoms with Crippen molar-refractivity contribution in [1.29, 1.82) is 0 Å². The van der Waals surface area contributed by atoms with E-state index in [1.165, 1.54) is 25.7 Å². The van der Waals surface area contributed by atoms with Gasteiger partial charge >= 0.3 is 6.18 Å². The molecule has 2 unspecified atom stereocenters. The second-order valence-corrected chi connectivity index (χ2v) is 8.16. The average molecular weight is 497 g/mol. The minimum atomic E-state index is -4.64. The maximum atomic E-state index is 14.5. The number of hydrogen-bond donors (Lipinski definition) is 2. The van der Waals surface area contributed by atoms with E-state index in [0.717, 1.165) is 11.1 Å². The fourth-order valence-corrected chi connectivity index (χ4v) is 3.87. The maximum absolute atomic E-state index is 14.5. The van der Waals surface area contributed by atoms with E-state index < -0.39 is 48.6 Å². The van der Waals surface area contributed by atoms with Crippen molar-refractivity contribution >= 4 is 23.5 Å². The highest BCUT2D eigenvalue weighted by atomic mass is 19.4. The first-order valence-electron chi connectivity index (χ1n) is 10.6. The Kier molecular flexibility index (Phi) is 7.66. The molecule has 2 aromatic heterocycles. The van der Waals surface area contributed by atoms with Crippen LogP contribution < -0.4 is 11.1 Å². The number of amides is 1. The Morgan fingerprint density at radius 2 is 2.06 bits per heavy atom. The third-order valence-corrected chi connectivity index (χ3v) is 5.53. The summed E-state index contributed by atoms with van der Waals surface area (Å²) in [6.45, 7) is 0.638. The van der Waals surface area contributed by atoms with Gasteiger partial charge in [0.05, 0.1) is 25.0 Å². The molecular weight excluding hydrogens is 473 g/mol. The fourth-order valence-electron chi connectivity index (χ4n) is 3.87. The highest BCUT2D eigenvalue weighted by molar-refractivity contribution is 6.18. The van der Waals surface area contributed by atoms with E-state index in [1.807, 2.05) is 0 Å². The topological polar surface area (TPSA) is 109 Å². The van der Waals surface area contributed by atoms with Crippen LogP contribution in [0.1, 0.15) is 24.6 Å². The number of carbonyl (C=O) groups is 1. The fraction of sp³-hybridized carbons (Fsp3) is 0.409. The summed E-state index contributed by atoms with van der Waals surface area (Å²) in [4.78, 5) is 29.2. The van der Waals surface area contributed by atoms with Gasteiger partial charge in [0.2, 0.25) is 0 Å². The molecule has 1 fully saturated rings. The van der Waals surface area contributed by atoms with Crippen molar-refractivity contribution in [3.63, 3.8) is 0 Å². The van der Waals surface area contributed by atoms with Crippen LogP contribution in [0.15, 0.2) is 47.6 Å². The van der Waals surface area contributed by atoms with Crippen LogP contribution in [-0.4, -0.2) is 64.1 Å². The molecular formula is C22H24F5N7O. The summed E-state index contributed by atoms with van der Waals surface area (Å²) < 4.78 is 67.0. The number of alkyl halides is 5. The van der Waals surface area contributed by atoms with E-state index in [1.54, 1.807) is 19.1 Å². The Labute approximate surface area is 198 Å². The number of anilines is 1. The number of aromatic nitrogens is 3. The Balaban J connectivity index is 1.88. The number of nitrogens with zero attached hydrogens (tertiary/aromatic N) is 5. The molecule has 1 aliphatic rings. The molecule has 3 rings (SSSR count). The van der Waals surface area contributed by atoms with Crippen molar-refractivity contribution in [3.8, 4) is 0 Å². The molecule has 2 aromatic rings. The SMILES string of the molecule is CN=CC(=C(N)C(=O)N1CC(F)(F)CC(C)C1CNc1cnc(C(F)(F)F)cn1)c1cccnc1. The molecule has 1 saturated heterocycles. The smallest absolute Gasteiger partial charge is 0.394 e. The monoisotopic (exact) mass is 497 g/mol. The normalized spacial score (nSPS) is 21.1. The molecule has 0 bridgehead atoms. The summed E-state index contributed by atoms with van der Waals surface area (Å²) >= 11 is 0. The van der Waals surface area contributed by atoms with Crippen molar-refractivity contribution in [2.24, 2.45) is 16.6 Å². The first-order valence-corrected chi connectivity index (χ1v) is 10.6. The van der Waals surface area contributed by atoms with Crippen LogP contribution in [0.2, 0.25) is 0 Å². The number of carbonyl (C=O) groups excluding carboxylic acids is 1. The van der Waals surface area contributed by atoms with Gasteiger partial charge in [0.15, 0.2) is 5.69 Å². The quantitative estimate of drug-likeness (QED) is 0.360. The number of allylic oxidation sites excluding steroid dienone is 1. The molecule has 8 nitrogen and oxygen atoms in total.